The smallest absolute Gasteiger partial charge is 0.409 e. The van der Waals surface area contributed by atoms with Gasteiger partial charge in [0.15, 0.2) is 5.96 Å². The van der Waals surface area contributed by atoms with Crippen LogP contribution in [0.15, 0.2) is 4.99 Å². The van der Waals surface area contributed by atoms with E-state index >= 15 is 0 Å². The first-order valence-electron chi connectivity index (χ1n) is 6.26. The molecule has 2 heterocycles. The van der Waals surface area contributed by atoms with E-state index in [1.165, 1.54) is 0 Å². The number of aliphatic imine (C=N–C) groups is 1. The Kier molecular flexibility index (Phi) is 4.06. The molecule has 0 aliphatic carbocycles. The molecule has 2 N–H and O–H groups in total. The van der Waals surface area contributed by atoms with E-state index in [-0.39, 0.29) is 6.09 Å². The second-order valence-corrected chi connectivity index (χ2v) is 4.26. The predicted octanol–water partition coefficient (Wildman–Crippen LogP) is 0.156. The van der Waals surface area contributed by atoms with Crippen molar-refractivity contribution in [1.29, 1.82) is 0 Å². The summed E-state index contributed by atoms with van der Waals surface area (Å²) in [5.41, 5.74) is 0. The van der Waals surface area contributed by atoms with Crippen molar-refractivity contribution in [2.45, 2.75) is 25.8 Å². The Hall–Kier alpha value is -1.46. The molecule has 0 aromatic heterocycles. The number of hydrogen-bond acceptors (Lipinski definition) is 5. The van der Waals surface area contributed by atoms with Crippen molar-refractivity contribution < 1.29 is 9.53 Å². The van der Waals surface area contributed by atoms with E-state index in [1.807, 2.05) is 6.92 Å². The zero-order valence-electron chi connectivity index (χ0n) is 10.2. The van der Waals surface area contributed by atoms with Crippen molar-refractivity contribution >= 4 is 12.1 Å². The summed E-state index contributed by atoms with van der Waals surface area (Å²) in [5.74, 6) is 0.902. The van der Waals surface area contributed by atoms with Crippen LogP contribution in [0.25, 0.3) is 0 Å². The lowest BCUT2D eigenvalue weighted by molar-refractivity contribution is 0.0963. The average Bonchev–Trinajstić information content (AvgIpc) is 2.83. The highest BCUT2D eigenvalue weighted by atomic mass is 16.6. The number of rotatable bonds is 2. The molecule has 0 radical (unpaired) electrons. The van der Waals surface area contributed by atoms with Gasteiger partial charge in [-0.1, -0.05) is 0 Å². The number of likely N-dealkylation sites (tertiary alicyclic amines) is 1. The lowest BCUT2D eigenvalue weighted by atomic mass is 10.1. The molecular formula is C11H20N4O2. The Labute approximate surface area is 101 Å². The Morgan fingerprint density at radius 3 is 2.94 bits per heavy atom. The summed E-state index contributed by atoms with van der Waals surface area (Å²) in [6.45, 7) is 5.55. The number of piperidine rings is 1. The van der Waals surface area contributed by atoms with Crippen LogP contribution in [0.3, 0.4) is 0 Å². The molecular weight excluding hydrogens is 220 g/mol. The normalized spacial score (nSPS) is 20.8. The third kappa shape index (κ3) is 3.25. The van der Waals surface area contributed by atoms with Crippen molar-refractivity contribution in [3.05, 3.63) is 0 Å². The maximum absolute atomic E-state index is 11.5. The minimum absolute atomic E-state index is 0.192. The van der Waals surface area contributed by atoms with Crippen molar-refractivity contribution in [1.82, 2.24) is 15.5 Å². The molecule has 0 spiro atoms. The van der Waals surface area contributed by atoms with Crippen LogP contribution in [0.2, 0.25) is 0 Å². The molecule has 0 aromatic carbocycles. The molecule has 1 saturated heterocycles. The van der Waals surface area contributed by atoms with Gasteiger partial charge in [-0.2, -0.15) is 0 Å². The van der Waals surface area contributed by atoms with Crippen molar-refractivity contribution in [2.24, 2.45) is 4.99 Å². The number of carbonyl (C=O) groups is 1. The van der Waals surface area contributed by atoms with Crippen LogP contribution in [0.5, 0.6) is 0 Å². The van der Waals surface area contributed by atoms with Gasteiger partial charge in [-0.15, -0.1) is 0 Å². The second kappa shape index (κ2) is 5.75. The van der Waals surface area contributed by atoms with Crippen LogP contribution in [0, 0.1) is 0 Å². The van der Waals surface area contributed by atoms with E-state index < -0.39 is 0 Å². The summed E-state index contributed by atoms with van der Waals surface area (Å²) in [6, 6.07) is 0.407. The Balaban J connectivity index is 1.72. The summed E-state index contributed by atoms with van der Waals surface area (Å²) in [5, 5.41) is 6.56. The van der Waals surface area contributed by atoms with Crippen LogP contribution in [-0.2, 0) is 4.74 Å². The van der Waals surface area contributed by atoms with Gasteiger partial charge in [-0.3, -0.25) is 4.99 Å². The summed E-state index contributed by atoms with van der Waals surface area (Å²) >= 11 is 0. The SMILES string of the molecule is CCOC(=O)N1CCC(NC2=NCCN2)CC1. The molecule has 0 unspecified atom stereocenters. The number of guanidine groups is 1. The van der Waals surface area contributed by atoms with Crippen LogP contribution < -0.4 is 10.6 Å². The number of nitrogens with one attached hydrogen (secondary N) is 2. The minimum Gasteiger partial charge on any atom is -0.450 e. The number of amides is 1. The van der Waals surface area contributed by atoms with E-state index in [4.69, 9.17) is 4.74 Å². The first kappa shape index (κ1) is 12.0. The molecule has 17 heavy (non-hydrogen) atoms. The summed E-state index contributed by atoms with van der Waals surface area (Å²) in [6.07, 6.45) is 1.70. The highest BCUT2D eigenvalue weighted by Gasteiger charge is 2.24. The number of nitrogens with zero attached hydrogens (tertiary/aromatic N) is 2. The zero-order valence-corrected chi connectivity index (χ0v) is 10.2. The first-order valence-corrected chi connectivity index (χ1v) is 6.26. The van der Waals surface area contributed by atoms with Gasteiger partial charge in [0.25, 0.3) is 0 Å². The van der Waals surface area contributed by atoms with E-state index in [9.17, 15) is 4.79 Å². The second-order valence-electron chi connectivity index (χ2n) is 4.26. The molecule has 0 atom stereocenters. The largest absolute Gasteiger partial charge is 0.450 e. The number of hydrogen-bond donors (Lipinski definition) is 2. The molecule has 0 aromatic rings. The van der Waals surface area contributed by atoms with Gasteiger partial charge >= 0.3 is 6.09 Å². The molecule has 2 rings (SSSR count). The van der Waals surface area contributed by atoms with Gasteiger partial charge in [0.05, 0.1) is 13.2 Å². The minimum atomic E-state index is -0.192. The highest BCUT2D eigenvalue weighted by Crippen LogP contribution is 2.11. The van der Waals surface area contributed by atoms with E-state index in [0.717, 1.165) is 45.0 Å². The Morgan fingerprint density at radius 1 is 1.59 bits per heavy atom. The fourth-order valence-corrected chi connectivity index (χ4v) is 2.11. The van der Waals surface area contributed by atoms with Gasteiger partial charge in [0.2, 0.25) is 0 Å². The lowest BCUT2D eigenvalue weighted by Crippen LogP contribution is -2.48. The molecule has 96 valence electrons. The zero-order chi connectivity index (χ0) is 12.1. The van der Waals surface area contributed by atoms with E-state index in [0.29, 0.717) is 12.6 Å². The average molecular weight is 240 g/mol. The van der Waals surface area contributed by atoms with Gasteiger partial charge in [-0.05, 0) is 19.8 Å². The van der Waals surface area contributed by atoms with Crippen molar-refractivity contribution in [3.8, 4) is 0 Å². The summed E-state index contributed by atoms with van der Waals surface area (Å²) in [7, 11) is 0. The quantitative estimate of drug-likeness (QED) is 0.721. The molecule has 1 amide bonds. The van der Waals surface area contributed by atoms with E-state index in [1.54, 1.807) is 4.90 Å². The Bertz CT molecular complexity index is 298. The predicted molar refractivity (Wildman–Crippen MR) is 65.1 cm³/mol. The van der Waals surface area contributed by atoms with Gasteiger partial charge < -0.3 is 20.3 Å². The third-order valence-corrected chi connectivity index (χ3v) is 3.04. The molecule has 1 fully saturated rings. The molecule has 0 saturated carbocycles. The number of ether oxygens (including phenoxy) is 1. The Morgan fingerprint density at radius 2 is 2.35 bits per heavy atom. The van der Waals surface area contributed by atoms with Crippen LogP contribution in [-0.4, -0.2) is 55.8 Å². The van der Waals surface area contributed by atoms with Gasteiger partial charge in [0, 0.05) is 25.7 Å². The third-order valence-electron chi connectivity index (χ3n) is 3.04. The fraction of sp³-hybridized carbons (Fsp3) is 0.818. The molecule has 6 heteroatoms. The summed E-state index contributed by atoms with van der Waals surface area (Å²) in [4.78, 5) is 17.6. The maximum atomic E-state index is 11.5. The molecule has 2 aliphatic rings. The van der Waals surface area contributed by atoms with Crippen LogP contribution in [0.4, 0.5) is 4.79 Å². The number of carbonyl (C=O) groups excluding carboxylic acids is 1. The van der Waals surface area contributed by atoms with Crippen molar-refractivity contribution in [2.75, 3.05) is 32.8 Å². The van der Waals surface area contributed by atoms with Gasteiger partial charge in [0.1, 0.15) is 0 Å². The first-order chi connectivity index (χ1) is 8.29. The maximum Gasteiger partial charge on any atom is 0.409 e. The van der Waals surface area contributed by atoms with Crippen LogP contribution in [0.1, 0.15) is 19.8 Å². The lowest BCUT2D eigenvalue weighted by Gasteiger charge is -2.31. The van der Waals surface area contributed by atoms with E-state index in [2.05, 4.69) is 15.6 Å². The van der Waals surface area contributed by atoms with Gasteiger partial charge in [-0.25, -0.2) is 4.79 Å². The standard InChI is InChI=1S/C11H20N4O2/c1-2-17-11(16)15-7-3-9(4-8-15)14-10-12-5-6-13-10/h9H,2-8H2,1H3,(H2,12,13,14). The van der Waals surface area contributed by atoms with Crippen molar-refractivity contribution in [3.63, 3.8) is 0 Å². The fourth-order valence-electron chi connectivity index (χ4n) is 2.11. The monoisotopic (exact) mass is 240 g/mol. The summed E-state index contributed by atoms with van der Waals surface area (Å²) < 4.78 is 4.98. The molecule has 0 bridgehead atoms. The molecule has 2 aliphatic heterocycles. The molecule has 6 nitrogen and oxygen atoms in total. The van der Waals surface area contributed by atoms with Crippen LogP contribution >= 0.6 is 0 Å². The topological polar surface area (TPSA) is 66.0 Å². The highest BCUT2D eigenvalue weighted by molar-refractivity contribution is 5.81.